The number of amides is 2. The van der Waals surface area contributed by atoms with Crippen molar-refractivity contribution >= 4 is 12.0 Å². The molecule has 0 bridgehead atoms. The van der Waals surface area contributed by atoms with Gasteiger partial charge in [0.1, 0.15) is 0 Å². The number of nitrogens with zero attached hydrogens (tertiary/aromatic N) is 1. The van der Waals surface area contributed by atoms with Crippen LogP contribution in [0.3, 0.4) is 0 Å². The molecule has 0 spiro atoms. The highest BCUT2D eigenvalue weighted by molar-refractivity contribution is 5.73. The quantitative estimate of drug-likeness (QED) is 0.785. The Morgan fingerprint density at radius 2 is 1.84 bits per heavy atom. The Balaban J connectivity index is 2.10. The molecule has 2 unspecified atom stereocenters. The van der Waals surface area contributed by atoms with Crippen molar-refractivity contribution in [1.29, 1.82) is 0 Å². The maximum atomic E-state index is 13.8. The summed E-state index contributed by atoms with van der Waals surface area (Å²) in [7, 11) is 0. The highest BCUT2D eigenvalue weighted by atomic mass is 19.3. The predicted molar refractivity (Wildman–Crippen MR) is 90.6 cm³/mol. The molecule has 0 radical (unpaired) electrons. The van der Waals surface area contributed by atoms with Crippen LogP contribution in [-0.2, 0) is 4.79 Å². The lowest BCUT2D eigenvalue weighted by Gasteiger charge is -2.41. The molecule has 7 heteroatoms. The van der Waals surface area contributed by atoms with Gasteiger partial charge in [-0.3, -0.25) is 4.79 Å². The summed E-state index contributed by atoms with van der Waals surface area (Å²) in [6, 6.07) is 0. The number of likely N-dealkylation sites (tertiary alicyclic amines) is 1. The summed E-state index contributed by atoms with van der Waals surface area (Å²) >= 11 is 0. The van der Waals surface area contributed by atoms with Crippen LogP contribution in [0.15, 0.2) is 0 Å². The molecule has 2 N–H and O–H groups in total. The molecule has 2 rings (SSSR count). The van der Waals surface area contributed by atoms with Gasteiger partial charge in [-0.15, -0.1) is 0 Å². The van der Waals surface area contributed by atoms with Crippen molar-refractivity contribution in [1.82, 2.24) is 10.2 Å². The van der Waals surface area contributed by atoms with Gasteiger partial charge in [0.2, 0.25) is 11.8 Å². The van der Waals surface area contributed by atoms with Crippen LogP contribution in [0.25, 0.3) is 0 Å². The molecule has 5 nitrogen and oxygen atoms in total. The normalized spacial score (nSPS) is 25.6. The number of carboxylic acid groups (broad SMARTS) is 1. The van der Waals surface area contributed by atoms with Gasteiger partial charge >= 0.3 is 6.09 Å². The van der Waals surface area contributed by atoms with Gasteiger partial charge in [0.15, 0.2) is 0 Å². The highest BCUT2D eigenvalue weighted by Gasteiger charge is 2.46. The van der Waals surface area contributed by atoms with Crippen LogP contribution in [0.5, 0.6) is 0 Å². The topological polar surface area (TPSA) is 69.6 Å². The fraction of sp³-hybridized carbons (Fsp3) is 0.889. The van der Waals surface area contributed by atoms with E-state index >= 15 is 0 Å². The van der Waals surface area contributed by atoms with E-state index in [0.29, 0.717) is 38.8 Å². The van der Waals surface area contributed by atoms with E-state index in [1.165, 1.54) is 11.8 Å². The van der Waals surface area contributed by atoms with Gasteiger partial charge < -0.3 is 15.3 Å². The highest BCUT2D eigenvalue weighted by Crippen LogP contribution is 2.48. The average Bonchev–Trinajstić information content (AvgIpc) is 2.83. The van der Waals surface area contributed by atoms with Crippen molar-refractivity contribution < 1.29 is 23.5 Å². The molecule has 1 aliphatic heterocycles. The lowest BCUT2D eigenvalue weighted by Crippen LogP contribution is -2.47. The number of carbonyl (C=O) groups excluding carboxylic acids is 1. The lowest BCUT2D eigenvalue weighted by atomic mass is 9.70. The third kappa shape index (κ3) is 5.54. The van der Waals surface area contributed by atoms with Gasteiger partial charge in [-0.2, -0.15) is 0 Å². The van der Waals surface area contributed by atoms with E-state index in [-0.39, 0.29) is 36.5 Å². The smallest absolute Gasteiger partial charge is 0.407 e. The van der Waals surface area contributed by atoms with Gasteiger partial charge in [0.05, 0.1) is 0 Å². The van der Waals surface area contributed by atoms with Crippen molar-refractivity contribution in [2.75, 3.05) is 13.1 Å². The summed E-state index contributed by atoms with van der Waals surface area (Å²) in [4.78, 5) is 24.0. The Kier molecular flexibility index (Phi) is 5.94. The van der Waals surface area contributed by atoms with E-state index in [2.05, 4.69) is 5.32 Å². The number of nitrogens with one attached hydrogen (secondary N) is 1. The van der Waals surface area contributed by atoms with Crippen LogP contribution in [0, 0.1) is 17.8 Å². The standard InChI is InChI=1S/C18H30F2N2O3/c1-12(23)21-17(2,3)11-15(14-4-7-18(19,20)10-14)13-5-8-22(9-6-13)16(24)25/h13-15H,4-11H2,1-3H3,(H,21,23)(H,24,25). The largest absolute Gasteiger partial charge is 0.465 e. The summed E-state index contributed by atoms with van der Waals surface area (Å²) in [6.45, 7) is 6.24. The molecular weight excluding hydrogens is 330 g/mol. The number of alkyl halides is 2. The fourth-order valence-corrected chi connectivity index (χ4v) is 4.70. The van der Waals surface area contributed by atoms with Gasteiger partial charge in [0, 0.05) is 38.4 Å². The molecule has 1 saturated heterocycles. The summed E-state index contributed by atoms with van der Waals surface area (Å²) in [5, 5.41) is 12.0. The molecular formula is C18H30F2N2O3. The Morgan fingerprint density at radius 1 is 1.24 bits per heavy atom. The molecule has 1 saturated carbocycles. The molecule has 2 amide bonds. The van der Waals surface area contributed by atoms with E-state index in [1.54, 1.807) is 0 Å². The fourth-order valence-electron chi connectivity index (χ4n) is 4.70. The van der Waals surface area contributed by atoms with E-state index in [9.17, 15) is 18.4 Å². The van der Waals surface area contributed by atoms with Crippen molar-refractivity contribution in [3.05, 3.63) is 0 Å². The molecule has 0 aromatic heterocycles. The molecule has 1 aliphatic carbocycles. The van der Waals surface area contributed by atoms with E-state index in [4.69, 9.17) is 5.11 Å². The molecule has 2 fully saturated rings. The average molecular weight is 360 g/mol. The minimum atomic E-state index is -2.59. The Hall–Kier alpha value is -1.40. The second kappa shape index (κ2) is 7.46. The third-order valence-corrected chi connectivity index (χ3v) is 5.72. The van der Waals surface area contributed by atoms with Crippen molar-refractivity contribution in [3.8, 4) is 0 Å². The van der Waals surface area contributed by atoms with Crippen molar-refractivity contribution in [2.45, 2.75) is 70.8 Å². The van der Waals surface area contributed by atoms with Crippen molar-refractivity contribution in [3.63, 3.8) is 0 Å². The second-order valence-corrected chi connectivity index (χ2v) is 8.40. The molecule has 25 heavy (non-hydrogen) atoms. The zero-order valence-electron chi connectivity index (χ0n) is 15.4. The third-order valence-electron chi connectivity index (χ3n) is 5.72. The van der Waals surface area contributed by atoms with Gasteiger partial charge in [-0.05, 0) is 57.3 Å². The number of hydrogen-bond donors (Lipinski definition) is 2. The first kappa shape index (κ1) is 19.9. The summed E-state index contributed by atoms with van der Waals surface area (Å²) < 4.78 is 27.6. The first-order valence-corrected chi connectivity index (χ1v) is 9.13. The predicted octanol–water partition coefficient (Wildman–Crippen LogP) is 3.73. The Morgan fingerprint density at radius 3 is 2.28 bits per heavy atom. The summed E-state index contributed by atoms with van der Waals surface area (Å²) in [5.74, 6) is -2.48. The van der Waals surface area contributed by atoms with Crippen LogP contribution in [0.4, 0.5) is 13.6 Å². The molecule has 0 aromatic rings. The number of piperidine rings is 1. The molecule has 144 valence electrons. The van der Waals surface area contributed by atoms with E-state index < -0.39 is 17.6 Å². The number of halogens is 2. The molecule has 0 aromatic carbocycles. The molecule has 2 atom stereocenters. The van der Waals surface area contributed by atoms with E-state index in [1.807, 2.05) is 13.8 Å². The molecule has 1 heterocycles. The first-order valence-electron chi connectivity index (χ1n) is 9.13. The van der Waals surface area contributed by atoms with Crippen LogP contribution >= 0.6 is 0 Å². The number of hydrogen-bond acceptors (Lipinski definition) is 2. The van der Waals surface area contributed by atoms with E-state index in [0.717, 1.165) is 0 Å². The Bertz CT molecular complexity index is 503. The number of carbonyl (C=O) groups is 2. The Labute approximate surface area is 148 Å². The summed E-state index contributed by atoms with van der Waals surface area (Å²) in [6.07, 6.45) is 1.49. The zero-order valence-corrected chi connectivity index (χ0v) is 15.4. The van der Waals surface area contributed by atoms with Crippen LogP contribution < -0.4 is 5.32 Å². The first-order chi connectivity index (χ1) is 11.5. The molecule has 2 aliphatic rings. The summed E-state index contributed by atoms with van der Waals surface area (Å²) in [5.41, 5.74) is -0.460. The van der Waals surface area contributed by atoms with Gasteiger partial charge in [-0.1, -0.05) is 0 Å². The van der Waals surface area contributed by atoms with Crippen LogP contribution in [0.1, 0.15) is 59.3 Å². The maximum Gasteiger partial charge on any atom is 0.407 e. The van der Waals surface area contributed by atoms with Crippen LogP contribution in [0.2, 0.25) is 0 Å². The van der Waals surface area contributed by atoms with Gasteiger partial charge in [-0.25, -0.2) is 13.6 Å². The zero-order chi connectivity index (χ0) is 18.8. The monoisotopic (exact) mass is 360 g/mol. The maximum absolute atomic E-state index is 13.8. The minimum Gasteiger partial charge on any atom is -0.465 e. The van der Waals surface area contributed by atoms with Crippen LogP contribution in [-0.4, -0.2) is 46.6 Å². The van der Waals surface area contributed by atoms with Crippen molar-refractivity contribution in [2.24, 2.45) is 17.8 Å². The minimum absolute atomic E-state index is 0.0654. The second-order valence-electron chi connectivity index (χ2n) is 8.40. The van der Waals surface area contributed by atoms with Gasteiger partial charge in [0.25, 0.3) is 0 Å². The SMILES string of the molecule is CC(=O)NC(C)(C)CC(C1CCN(C(=O)O)CC1)C1CCC(F)(F)C1. The lowest BCUT2D eigenvalue weighted by molar-refractivity contribution is -0.120. The number of rotatable bonds is 5.